The molecule has 7 unspecified atom stereocenters. The van der Waals surface area contributed by atoms with Gasteiger partial charge >= 0.3 is 5.97 Å². The molecule has 6 nitrogen and oxygen atoms in total. The zero-order valence-electron chi connectivity index (χ0n) is 19.5. The quantitative estimate of drug-likeness (QED) is 0.565. The molecule has 0 radical (unpaired) electrons. The third-order valence-corrected chi connectivity index (χ3v) is 6.51. The van der Waals surface area contributed by atoms with E-state index in [1.54, 1.807) is 13.8 Å². The number of carbonyl (C=O) groups is 2. The van der Waals surface area contributed by atoms with Crippen LogP contribution in [-0.2, 0) is 30.4 Å². The smallest absolute Gasteiger partial charge is 0.312 e. The van der Waals surface area contributed by atoms with Gasteiger partial charge in [0.2, 0.25) is 0 Å². The molecule has 6 heteroatoms. The van der Waals surface area contributed by atoms with E-state index in [0.717, 1.165) is 11.1 Å². The number of hydrogen-bond donors (Lipinski definition) is 1. The Morgan fingerprint density at radius 2 is 1.91 bits per heavy atom. The van der Waals surface area contributed by atoms with E-state index >= 15 is 0 Å². The maximum absolute atomic E-state index is 12.9. The van der Waals surface area contributed by atoms with E-state index in [2.05, 4.69) is 5.73 Å². The summed E-state index contributed by atoms with van der Waals surface area (Å²) in [6.07, 6.45) is -0.332. The van der Waals surface area contributed by atoms with Gasteiger partial charge in [-0.05, 0) is 51.2 Å². The first kappa shape index (κ1) is 24.4. The summed E-state index contributed by atoms with van der Waals surface area (Å²) in [7, 11) is 0. The van der Waals surface area contributed by atoms with Gasteiger partial charge in [0, 0.05) is 5.57 Å². The van der Waals surface area contributed by atoms with Crippen molar-refractivity contribution in [2.75, 3.05) is 0 Å². The molecular formula is C26H34O6. The number of aliphatic hydroxyl groups is 1. The molecule has 1 N–H and O–H groups in total. The molecule has 2 bridgehead atoms. The van der Waals surface area contributed by atoms with Gasteiger partial charge in [-0.3, -0.25) is 9.59 Å². The Morgan fingerprint density at radius 1 is 1.22 bits per heavy atom. The Hall–Kier alpha value is -2.24. The average Bonchev–Trinajstić information content (AvgIpc) is 3.00. The summed E-state index contributed by atoms with van der Waals surface area (Å²) in [4.78, 5) is 25.7. The maximum Gasteiger partial charge on any atom is 0.312 e. The molecule has 174 valence electrons. The lowest BCUT2D eigenvalue weighted by Gasteiger charge is -2.30. The third-order valence-electron chi connectivity index (χ3n) is 6.51. The van der Waals surface area contributed by atoms with Crippen LogP contribution in [0, 0.1) is 11.8 Å². The summed E-state index contributed by atoms with van der Waals surface area (Å²) in [5.74, 6) is -1.78. The number of aliphatic hydroxyl groups excluding tert-OH is 1. The second-order valence-electron chi connectivity index (χ2n) is 9.18. The number of fused-ring (bicyclic) bond motifs is 2. The maximum atomic E-state index is 12.9. The van der Waals surface area contributed by atoms with Crippen molar-refractivity contribution in [2.24, 2.45) is 11.8 Å². The highest BCUT2D eigenvalue weighted by molar-refractivity contribution is 5.94. The number of hydrogen-bond acceptors (Lipinski definition) is 6. The van der Waals surface area contributed by atoms with Crippen LogP contribution < -0.4 is 0 Å². The monoisotopic (exact) mass is 442 g/mol. The normalized spacial score (nSPS) is 36.0. The molecule has 1 saturated heterocycles. The highest BCUT2D eigenvalue weighted by Gasteiger charge is 2.54. The average molecular weight is 443 g/mol. The van der Waals surface area contributed by atoms with Crippen molar-refractivity contribution in [2.45, 2.75) is 84.1 Å². The molecule has 0 spiro atoms. The molecule has 0 aromatic heterocycles. The summed E-state index contributed by atoms with van der Waals surface area (Å²) < 4.78 is 18.0. The van der Waals surface area contributed by atoms with Crippen molar-refractivity contribution in [3.05, 3.63) is 53.3 Å². The van der Waals surface area contributed by atoms with Gasteiger partial charge in [-0.25, -0.2) is 0 Å². The number of Topliss-reactive ketones (excluding diaryl/α,β-unsaturated/α-hetero) is 1. The Labute approximate surface area is 190 Å². The van der Waals surface area contributed by atoms with Gasteiger partial charge in [-0.1, -0.05) is 44.2 Å². The molecule has 0 amide bonds. The Balaban J connectivity index is 1.95. The molecule has 2 heterocycles. The second kappa shape index (κ2) is 10.1. The highest BCUT2D eigenvalue weighted by Crippen LogP contribution is 2.37. The van der Waals surface area contributed by atoms with Gasteiger partial charge in [0.05, 0.1) is 18.6 Å². The molecule has 0 aliphatic carbocycles. The molecule has 7 atom stereocenters. The van der Waals surface area contributed by atoms with E-state index in [4.69, 9.17) is 14.2 Å². The second-order valence-corrected chi connectivity index (χ2v) is 9.18. The van der Waals surface area contributed by atoms with Crippen LogP contribution in [-0.4, -0.2) is 46.9 Å². The van der Waals surface area contributed by atoms with Crippen molar-refractivity contribution in [1.82, 2.24) is 0 Å². The lowest BCUT2D eigenvalue weighted by Crippen LogP contribution is -2.39. The summed E-state index contributed by atoms with van der Waals surface area (Å²) in [5.41, 5.74) is 3.89. The third kappa shape index (κ3) is 5.21. The predicted octanol–water partition coefficient (Wildman–Crippen LogP) is 3.76. The van der Waals surface area contributed by atoms with Crippen molar-refractivity contribution < 1.29 is 28.9 Å². The fraction of sp³-hybridized carbons (Fsp3) is 0.577. The predicted molar refractivity (Wildman–Crippen MR) is 120 cm³/mol. The molecule has 1 fully saturated rings. The van der Waals surface area contributed by atoms with Crippen LogP contribution in [0.4, 0.5) is 0 Å². The zero-order chi connectivity index (χ0) is 23.5. The molecule has 2 aliphatic rings. The van der Waals surface area contributed by atoms with Crippen LogP contribution >= 0.6 is 0 Å². The number of benzene rings is 1. The van der Waals surface area contributed by atoms with Crippen molar-refractivity contribution >= 4 is 11.8 Å². The number of esters is 1. The Bertz CT molecular complexity index is 887. The lowest BCUT2D eigenvalue weighted by atomic mass is 9.85. The first-order valence-corrected chi connectivity index (χ1v) is 11.4. The van der Waals surface area contributed by atoms with Gasteiger partial charge in [-0.15, -0.1) is 5.73 Å². The fourth-order valence-corrected chi connectivity index (χ4v) is 4.45. The van der Waals surface area contributed by atoms with E-state index < -0.39 is 41.6 Å². The number of carbonyl (C=O) groups excluding carboxylic acids is 2. The van der Waals surface area contributed by atoms with Crippen LogP contribution in [0.2, 0.25) is 0 Å². The summed E-state index contributed by atoms with van der Waals surface area (Å²) in [5, 5.41) is 10.6. The largest absolute Gasteiger partial charge is 0.457 e. The number of ether oxygens (including phenoxy) is 3. The number of rotatable bonds is 4. The first-order chi connectivity index (χ1) is 15.2. The molecule has 1 aromatic carbocycles. The van der Waals surface area contributed by atoms with Gasteiger partial charge in [0.1, 0.15) is 23.9 Å². The van der Waals surface area contributed by atoms with Crippen molar-refractivity contribution in [3.63, 3.8) is 0 Å². The van der Waals surface area contributed by atoms with E-state index in [9.17, 15) is 14.7 Å². The van der Waals surface area contributed by atoms with E-state index in [0.29, 0.717) is 19.4 Å². The molecule has 1 aromatic rings. The topological polar surface area (TPSA) is 82.1 Å². The fourth-order valence-electron chi connectivity index (χ4n) is 4.45. The van der Waals surface area contributed by atoms with Crippen molar-refractivity contribution in [3.8, 4) is 0 Å². The van der Waals surface area contributed by atoms with E-state index in [1.165, 1.54) is 0 Å². The van der Waals surface area contributed by atoms with Gasteiger partial charge in [0.25, 0.3) is 0 Å². The van der Waals surface area contributed by atoms with Crippen LogP contribution in [0.3, 0.4) is 0 Å². The molecule has 2 aliphatic heterocycles. The summed E-state index contributed by atoms with van der Waals surface area (Å²) >= 11 is 0. The van der Waals surface area contributed by atoms with Crippen LogP contribution in [0.5, 0.6) is 0 Å². The standard InChI is InChI=1S/C26H34O6/c1-6-20-16(2)12-13-21(30-15-19-10-8-7-9-11-19)17(3)14-26(5)24(28)22(27)23(32-26)18(4)25(29)31-20/h7-11,13,17-18,20-23,27H,6,14-15H2,1-5H3. The minimum absolute atomic E-state index is 0.105. The Kier molecular flexibility index (Phi) is 7.73. The number of cyclic esters (lactones) is 1. The SMILES string of the molecule is CCC1OC(=O)C(C)C2OC(C)(CC(C)C(OCc3ccccc3)C=C=C1C)C(=O)C2O. The molecule has 32 heavy (non-hydrogen) atoms. The van der Waals surface area contributed by atoms with Crippen LogP contribution in [0.1, 0.15) is 53.0 Å². The van der Waals surface area contributed by atoms with Gasteiger partial charge in [0.15, 0.2) is 5.78 Å². The van der Waals surface area contributed by atoms with E-state index in [1.807, 2.05) is 57.2 Å². The van der Waals surface area contributed by atoms with Gasteiger partial charge in [-0.2, -0.15) is 0 Å². The summed E-state index contributed by atoms with van der Waals surface area (Å²) in [6.45, 7) is 9.52. The minimum Gasteiger partial charge on any atom is -0.457 e. The first-order valence-electron chi connectivity index (χ1n) is 11.4. The highest BCUT2D eigenvalue weighted by atomic mass is 16.6. The van der Waals surface area contributed by atoms with E-state index in [-0.39, 0.29) is 12.0 Å². The molecular weight excluding hydrogens is 408 g/mol. The molecule has 3 rings (SSSR count). The number of ketones is 1. The summed E-state index contributed by atoms with van der Waals surface area (Å²) in [6, 6.07) is 9.86. The lowest BCUT2D eigenvalue weighted by molar-refractivity contribution is -0.162. The Morgan fingerprint density at radius 3 is 2.56 bits per heavy atom. The minimum atomic E-state index is -1.37. The van der Waals surface area contributed by atoms with Crippen LogP contribution in [0.15, 0.2) is 47.7 Å². The van der Waals surface area contributed by atoms with Gasteiger partial charge < -0.3 is 19.3 Å². The zero-order valence-corrected chi connectivity index (χ0v) is 19.5. The van der Waals surface area contributed by atoms with Crippen molar-refractivity contribution in [1.29, 1.82) is 0 Å². The van der Waals surface area contributed by atoms with Crippen LogP contribution in [0.25, 0.3) is 0 Å². The molecule has 0 saturated carbocycles.